The first kappa shape index (κ1) is 26.6. The molecule has 0 spiro atoms. The van der Waals surface area contributed by atoms with E-state index in [9.17, 15) is 14.7 Å². The summed E-state index contributed by atoms with van der Waals surface area (Å²) < 4.78 is 8.33. The number of hydrogen-bond donors (Lipinski definition) is 4. The number of nitrogens with two attached hydrogens (primary N) is 1. The summed E-state index contributed by atoms with van der Waals surface area (Å²) in [7, 11) is 3.42. The number of nitrogens with one attached hydrogen (secondary N) is 2. The number of piperidine rings is 1. The molecule has 0 radical (unpaired) electrons. The average Bonchev–Trinajstić information content (AvgIpc) is 3.58. The van der Waals surface area contributed by atoms with E-state index in [4.69, 9.17) is 10.5 Å². The highest BCUT2D eigenvalue weighted by molar-refractivity contribution is 7.18. The number of aliphatic hydroxyl groups excluding tert-OH is 1. The minimum absolute atomic E-state index is 0.229. The van der Waals surface area contributed by atoms with Crippen LogP contribution in [0, 0.1) is 0 Å². The van der Waals surface area contributed by atoms with Crippen LogP contribution in [0.5, 0.6) is 5.75 Å². The van der Waals surface area contributed by atoms with E-state index in [0.717, 1.165) is 32.1 Å². The van der Waals surface area contributed by atoms with Crippen LogP contribution >= 0.6 is 11.3 Å². The number of likely N-dealkylation sites (tertiary alicyclic amines) is 1. The molecular formula is C30H30N6O4S. The van der Waals surface area contributed by atoms with Crippen molar-refractivity contribution in [2.75, 3.05) is 36.6 Å². The van der Waals surface area contributed by atoms with Crippen molar-refractivity contribution in [2.45, 2.75) is 18.9 Å². The van der Waals surface area contributed by atoms with Crippen molar-refractivity contribution in [3.63, 3.8) is 0 Å². The van der Waals surface area contributed by atoms with Gasteiger partial charge >= 0.3 is 6.03 Å². The number of carbonyl (C=O) groups is 2. The molecule has 3 aromatic heterocycles. The summed E-state index contributed by atoms with van der Waals surface area (Å²) in [5.41, 5.74) is 10.6. The van der Waals surface area contributed by atoms with E-state index in [1.54, 1.807) is 24.3 Å². The van der Waals surface area contributed by atoms with E-state index in [1.807, 2.05) is 59.5 Å². The fourth-order valence-electron chi connectivity index (χ4n) is 5.29. The average molecular weight is 571 g/mol. The first-order valence-corrected chi connectivity index (χ1v) is 14.2. The van der Waals surface area contributed by atoms with Crippen LogP contribution in [0.3, 0.4) is 0 Å². The number of amides is 3. The Morgan fingerprint density at radius 3 is 2.63 bits per heavy atom. The first-order valence-electron chi connectivity index (χ1n) is 13.3. The molecule has 5 N–H and O–H groups in total. The third-order valence-corrected chi connectivity index (χ3v) is 8.58. The molecule has 0 unspecified atom stereocenters. The van der Waals surface area contributed by atoms with E-state index < -0.39 is 0 Å². The Balaban J connectivity index is 1.28. The molecule has 11 heteroatoms. The summed E-state index contributed by atoms with van der Waals surface area (Å²) in [5.74, 6) is 0.604. The molecule has 2 aromatic carbocycles. The van der Waals surface area contributed by atoms with Crippen molar-refractivity contribution in [3.05, 3.63) is 65.8 Å². The van der Waals surface area contributed by atoms with E-state index in [2.05, 4.69) is 15.6 Å². The quantitative estimate of drug-likeness (QED) is 0.227. The summed E-state index contributed by atoms with van der Waals surface area (Å²) in [6.07, 6.45) is 2.33. The predicted molar refractivity (Wildman–Crippen MR) is 163 cm³/mol. The maximum absolute atomic E-state index is 13.2. The maximum atomic E-state index is 13.2. The van der Waals surface area contributed by atoms with Crippen molar-refractivity contribution in [3.8, 4) is 16.9 Å². The Kier molecular flexibility index (Phi) is 6.98. The minimum atomic E-state index is -0.362. The van der Waals surface area contributed by atoms with Gasteiger partial charge in [-0.05, 0) is 42.7 Å². The number of aromatic nitrogens is 2. The van der Waals surface area contributed by atoms with Gasteiger partial charge in [-0.25, -0.2) is 9.78 Å². The summed E-state index contributed by atoms with van der Waals surface area (Å²) in [6, 6.07) is 15.0. The molecule has 10 nitrogen and oxygen atoms in total. The number of para-hydroxylation sites is 1. The third-order valence-electron chi connectivity index (χ3n) is 7.56. The molecule has 1 aliphatic rings. The van der Waals surface area contributed by atoms with Gasteiger partial charge in [-0.3, -0.25) is 4.79 Å². The van der Waals surface area contributed by atoms with Gasteiger partial charge in [-0.15, -0.1) is 11.3 Å². The standard InChI is InChI=1S/C30H30N6O4S/c1-35-23-6-4-3-5-18(23)13-24(35)29(38)33-21-8-7-17(14-25(21)40-2)20-16-41-27-22(15-32-28(31)26(20)27)34-30(39)36-11-9-19(37)10-12-36/h3-8,13-16,19,37H,9-12H2,1-2H3,(H2,31,32)(H,33,38)(H,34,39). The molecule has 41 heavy (non-hydrogen) atoms. The van der Waals surface area contributed by atoms with Crippen LogP contribution in [0.25, 0.3) is 32.1 Å². The number of aliphatic hydroxyl groups is 1. The van der Waals surface area contributed by atoms with E-state index >= 15 is 0 Å². The van der Waals surface area contributed by atoms with Crippen molar-refractivity contribution in [1.29, 1.82) is 0 Å². The lowest BCUT2D eigenvalue weighted by molar-refractivity contribution is 0.0971. The van der Waals surface area contributed by atoms with E-state index in [0.29, 0.717) is 54.6 Å². The number of fused-ring (bicyclic) bond motifs is 2. The van der Waals surface area contributed by atoms with Gasteiger partial charge < -0.3 is 35.7 Å². The van der Waals surface area contributed by atoms with Gasteiger partial charge in [0.05, 0.1) is 35.5 Å². The largest absolute Gasteiger partial charge is 0.495 e. The molecule has 0 atom stereocenters. The topological polar surface area (TPSA) is 135 Å². The van der Waals surface area contributed by atoms with Gasteiger partial charge in [0.25, 0.3) is 5.91 Å². The highest BCUT2D eigenvalue weighted by Crippen LogP contribution is 2.42. The number of urea groups is 1. The summed E-state index contributed by atoms with van der Waals surface area (Å²) >= 11 is 1.46. The molecule has 6 rings (SSSR count). The number of ether oxygens (including phenoxy) is 1. The van der Waals surface area contributed by atoms with Crippen LogP contribution in [0.15, 0.2) is 60.1 Å². The normalized spacial score (nSPS) is 14.0. The number of methoxy groups -OCH3 is 1. The van der Waals surface area contributed by atoms with Crippen molar-refractivity contribution in [1.82, 2.24) is 14.5 Å². The Morgan fingerprint density at radius 1 is 1.10 bits per heavy atom. The van der Waals surface area contributed by atoms with Gasteiger partial charge in [-0.2, -0.15) is 0 Å². The van der Waals surface area contributed by atoms with Crippen LogP contribution in [0.2, 0.25) is 0 Å². The van der Waals surface area contributed by atoms with Gasteiger partial charge in [0.15, 0.2) is 0 Å². The number of thiophene rings is 1. The molecule has 4 heterocycles. The number of rotatable bonds is 5. The van der Waals surface area contributed by atoms with Gasteiger partial charge in [0, 0.05) is 47.4 Å². The van der Waals surface area contributed by atoms with Gasteiger partial charge in [0.2, 0.25) is 0 Å². The van der Waals surface area contributed by atoms with E-state index in [-0.39, 0.29) is 18.0 Å². The molecule has 0 bridgehead atoms. The van der Waals surface area contributed by atoms with E-state index in [1.165, 1.54) is 11.3 Å². The minimum Gasteiger partial charge on any atom is -0.495 e. The lowest BCUT2D eigenvalue weighted by atomic mass is 10.0. The molecule has 1 aliphatic heterocycles. The highest BCUT2D eigenvalue weighted by atomic mass is 32.1. The second-order valence-electron chi connectivity index (χ2n) is 10.1. The second-order valence-corrected chi connectivity index (χ2v) is 11.0. The second kappa shape index (κ2) is 10.8. The number of pyridine rings is 1. The molecule has 1 saturated heterocycles. The Morgan fingerprint density at radius 2 is 1.88 bits per heavy atom. The first-order chi connectivity index (χ1) is 19.8. The van der Waals surface area contributed by atoms with Crippen LogP contribution in [-0.4, -0.2) is 57.8 Å². The Bertz CT molecular complexity index is 1790. The van der Waals surface area contributed by atoms with Crippen molar-refractivity contribution < 1.29 is 19.4 Å². The number of anilines is 3. The summed E-state index contributed by atoms with van der Waals surface area (Å²) in [6.45, 7) is 0.995. The van der Waals surface area contributed by atoms with Gasteiger partial charge in [0.1, 0.15) is 17.3 Å². The Hall–Kier alpha value is -4.61. The Labute approximate surface area is 240 Å². The van der Waals surface area contributed by atoms with Crippen LogP contribution in [0.4, 0.5) is 22.0 Å². The number of aryl methyl sites for hydroxylation is 1. The zero-order valence-electron chi connectivity index (χ0n) is 22.7. The number of carbonyl (C=O) groups excluding carboxylic acids is 2. The number of hydrogen-bond acceptors (Lipinski definition) is 7. The summed E-state index contributed by atoms with van der Waals surface area (Å²) in [4.78, 5) is 32.1. The summed E-state index contributed by atoms with van der Waals surface area (Å²) in [5, 5.41) is 19.4. The van der Waals surface area contributed by atoms with Crippen LogP contribution in [0.1, 0.15) is 23.3 Å². The van der Waals surface area contributed by atoms with Crippen LogP contribution in [-0.2, 0) is 7.05 Å². The molecule has 3 amide bonds. The van der Waals surface area contributed by atoms with Gasteiger partial charge in [-0.1, -0.05) is 24.3 Å². The van der Waals surface area contributed by atoms with Crippen molar-refractivity contribution >= 4 is 61.5 Å². The highest BCUT2D eigenvalue weighted by Gasteiger charge is 2.23. The predicted octanol–water partition coefficient (Wildman–Crippen LogP) is 5.29. The number of benzene rings is 2. The molecule has 0 saturated carbocycles. The molecule has 210 valence electrons. The SMILES string of the molecule is COc1cc(-c2csc3c(NC(=O)N4CCC(O)CC4)cnc(N)c23)ccc1NC(=O)c1cc2ccccc2n1C. The number of nitrogens with zero attached hydrogens (tertiary/aromatic N) is 3. The fourth-order valence-corrected chi connectivity index (χ4v) is 6.34. The van der Waals surface area contributed by atoms with Crippen LogP contribution < -0.4 is 21.1 Å². The smallest absolute Gasteiger partial charge is 0.321 e. The maximum Gasteiger partial charge on any atom is 0.321 e. The monoisotopic (exact) mass is 570 g/mol. The zero-order valence-corrected chi connectivity index (χ0v) is 23.5. The zero-order chi connectivity index (χ0) is 28.7. The fraction of sp³-hybridized carbons (Fsp3) is 0.233. The molecule has 5 aromatic rings. The molecular weight excluding hydrogens is 540 g/mol. The van der Waals surface area contributed by atoms with Crippen molar-refractivity contribution in [2.24, 2.45) is 7.05 Å². The molecule has 0 aliphatic carbocycles. The molecule has 1 fully saturated rings. The number of nitrogen functional groups attached to an aromatic ring is 1. The third kappa shape index (κ3) is 4.94. The lowest BCUT2D eigenvalue weighted by Gasteiger charge is -2.29. The lowest BCUT2D eigenvalue weighted by Crippen LogP contribution is -2.42.